The van der Waals surface area contributed by atoms with E-state index in [1.807, 2.05) is 4.68 Å². The number of hydrogen-bond donors (Lipinski definition) is 1. The van der Waals surface area contributed by atoms with Gasteiger partial charge in [-0.3, -0.25) is 0 Å². The summed E-state index contributed by atoms with van der Waals surface area (Å²) >= 11 is 1.63. The predicted molar refractivity (Wildman–Crippen MR) is 77.4 cm³/mol. The normalized spacial score (nSPS) is 12.3. The van der Waals surface area contributed by atoms with Crippen molar-refractivity contribution < 1.29 is 4.74 Å². The fraction of sp³-hybridized carbons (Fsp3) is 0.917. The average molecular weight is 287 g/mol. The number of aromatic nitrogens is 4. The maximum Gasteiger partial charge on any atom is 0.209 e. The highest BCUT2D eigenvalue weighted by molar-refractivity contribution is 7.99. The SMILES string of the molecule is CC(C)NCCn1nnnc1SCCOC(C)(C)C. The van der Waals surface area contributed by atoms with Crippen molar-refractivity contribution in [3.05, 3.63) is 0 Å². The molecule has 0 aliphatic rings. The molecule has 6 nitrogen and oxygen atoms in total. The summed E-state index contributed by atoms with van der Waals surface area (Å²) in [5.41, 5.74) is -0.0896. The number of nitrogens with zero attached hydrogens (tertiary/aromatic N) is 4. The smallest absolute Gasteiger partial charge is 0.209 e. The summed E-state index contributed by atoms with van der Waals surface area (Å²) in [6.07, 6.45) is 0. The Labute approximate surface area is 119 Å². The second-order valence-electron chi connectivity index (χ2n) is 5.60. The molecule has 0 saturated heterocycles. The van der Waals surface area contributed by atoms with Crippen LogP contribution in [-0.2, 0) is 11.3 Å². The van der Waals surface area contributed by atoms with E-state index in [9.17, 15) is 0 Å². The van der Waals surface area contributed by atoms with Crippen molar-refractivity contribution in [2.45, 2.75) is 58.0 Å². The van der Waals surface area contributed by atoms with Crippen LogP contribution >= 0.6 is 11.8 Å². The standard InChI is InChI=1S/C12H25N5OS/c1-10(2)13-6-7-17-11(14-15-16-17)19-9-8-18-12(3,4)5/h10,13H,6-9H2,1-5H3. The van der Waals surface area contributed by atoms with Crippen LogP contribution in [-0.4, -0.2) is 50.8 Å². The van der Waals surface area contributed by atoms with Crippen LogP contribution in [0.25, 0.3) is 0 Å². The Bertz CT molecular complexity index is 361. The molecule has 0 aliphatic carbocycles. The molecule has 19 heavy (non-hydrogen) atoms. The molecule has 1 rings (SSSR count). The molecule has 0 saturated carbocycles. The van der Waals surface area contributed by atoms with Crippen LogP contribution in [0, 0.1) is 0 Å². The Morgan fingerprint density at radius 2 is 2.11 bits per heavy atom. The van der Waals surface area contributed by atoms with Gasteiger partial charge in [-0.25, -0.2) is 4.68 Å². The summed E-state index contributed by atoms with van der Waals surface area (Å²) in [7, 11) is 0. The lowest BCUT2D eigenvalue weighted by molar-refractivity contribution is 0.00692. The molecule has 7 heteroatoms. The van der Waals surface area contributed by atoms with E-state index in [-0.39, 0.29) is 5.60 Å². The van der Waals surface area contributed by atoms with Crippen molar-refractivity contribution in [1.29, 1.82) is 0 Å². The first-order chi connectivity index (χ1) is 8.88. The van der Waals surface area contributed by atoms with Crippen LogP contribution in [0.5, 0.6) is 0 Å². The number of thioether (sulfide) groups is 1. The highest BCUT2D eigenvalue weighted by Crippen LogP contribution is 2.14. The van der Waals surface area contributed by atoms with Crippen molar-refractivity contribution in [2.24, 2.45) is 0 Å². The molecule has 0 aliphatic heterocycles. The molecule has 0 fully saturated rings. The van der Waals surface area contributed by atoms with Crippen LogP contribution < -0.4 is 5.32 Å². The molecule has 1 heterocycles. The third-order valence-corrected chi connectivity index (χ3v) is 3.15. The van der Waals surface area contributed by atoms with Gasteiger partial charge in [0.15, 0.2) is 0 Å². The summed E-state index contributed by atoms with van der Waals surface area (Å²) in [6.45, 7) is 12.8. The van der Waals surface area contributed by atoms with Gasteiger partial charge in [0.05, 0.1) is 18.8 Å². The first-order valence-corrected chi connectivity index (χ1v) is 7.63. The second kappa shape index (κ2) is 7.81. The summed E-state index contributed by atoms with van der Waals surface area (Å²) in [6, 6.07) is 0.479. The van der Waals surface area contributed by atoms with Crippen molar-refractivity contribution in [1.82, 2.24) is 25.5 Å². The van der Waals surface area contributed by atoms with Crippen LogP contribution in [0.15, 0.2) is 5.16 Å². The zero-order valence-corrected chi connectivity index (χ0v) is 13.3. The Balaban J connectivity index is 2.28. The fourth-order valence-electron chi connectivity index (χ4n) is 1.38. The fourth-order valence-corrected chi connectivity index (χ4v) is 2.10. The molecule has 1 aromatic heterocycles. The van der Waals surface area contributed by atoms with E-state index in [0.717, 1.165) is 24.0 Å². The van der Waals surface area contributed by atoms with Crippen molar-refractivity contribution in [2.75, 3.05) is 18.9 Å². The number of hydrogen-bond acceptors (Lipinski definition) is 6. The van der Waals surface area contributed by atoms with Crippen molar-refractivity contribution >= 4 is 11.8 Å². The van der Waals surface area contributed by atoms with Crippen LogP contribution in [0.1, 0.15) is 34.6 Å². The molecular weight excluding hydrogens is 262 g/mol. The molecule has 1 N–H and O–H groups in total. The monoisotopic (exact) mass is 287 g/mol. The maximum absolute atomic E-state index is 5.67. The van der Waals surface area contributed by atoms with E-state index in [1.165, 1.54) is 0 Å². The van der Waals surface area contributed by atoms with Crippen LogP contribution in [0.4, 0.5) is 0 Å². The number of tetrazole rings is 1. The highest BCUT2D eigenvalue weighted by atomic mass is 32.2. The van der Waals surface area contributed by atoms with E-state index in [4.69, 9.17) is 4.74 Å². The van der Waals surface area contributed by atoms with Gasteiger partial charge in [0.2, 0.25) is 5.16 Å². The lowest BCUT2D eigenvalue weighted by atomic mass is 10.2. The largest absolute Gasteiger partial charge is 0.375 e. The number of nitrogens with one attached hydrogen (secondary N) is 1. The Kier molecular flexibility index (Phi) is 6.74. The van der Waals surface area contributed by atoms with Crippen LogP contribution in [0.3, 0.4) is 0 Å². The molecule has 0 bridgehead atoms. The third-order valence-electron chi connectivity index (χ3n) is 2.22. The maximum atomic E-state index is 5.67. The summed E-state index contributed by atoms with van der Waals surface area (Å²) in [5.74, 6) is 0.856. The van der Waals surface area contributed by atoms with Gasteiger partial charge in [0.25, 0.3) is 0 Å². The van der Waals surface area contributed by atoms with Crippen molar-refractivity contribution in [3.63, 3.8) is 0 Å². The molecule has 0 radical (unpaired) electrons. The molecule has 0 unspecified atom stereocenters. The van der Waals surface area contributed by atoms with Crippen molar-refractivity contribution in [3.8, 4) is 0 Å². The molecule has 0 spiro atoms. The van der Waals surface area contributed by atoms with E-state index in [1.54, 1.807) is 11.8 Å². The van der Waals surface area contributed by atoms with E-state index in [2.05, 4.69) is 55.5 Å². The molecule has 110 valence electrons. The number of ether oxygens (including phenoxy) is 1. The lowest BCUT2D eigenvalue weighted by Crippen LogP contribution is -2.27. The number of rotatable bonds is 8. The first kappa shape index (κ1) is 16.4. The Morgan fingerprint density at radius 1 is 1.37 bits per heavy atom. The first-order valence-electron chi connectivity index (χ1n) is 6.65. The minimum atomic E-state index is -0.0896. The molecule has 0 atom stereocenters. The second-order valence-corrected chi connectivity index (χ2v) is 6.66. The topological polar surface area (TPSA) is 64.9 Å². The average Bonchev–Trinajstić information content (AvgIpc) is 2.70. The van der Waals surface area contributed by atoms with Gasteiger partial charge in [-0.15, -0.1) is 5.10 Å². The van der Waals surface area contributed by atoms with Gasteiger partial charge < -0.3 is 10.1 Å². The highest BCUT2D eigenvalue weighted by Gasteiger charge is 2.11. The molecule has 0 amide bonds. The molecular formula is C12H25N5OS. The van der Waals surface area contributed by atoms with Gasteiger partial charge >= 0.3 is 0 Å². The zero-order chi connectivity index (χ0) is 14.3. The van der Waals surface area contributed by atoms with Gasteiger partial charge in [-0.1, -0.05) is 25.6 Å². The third kappa shape index (κ3) is 7.49. The van der Waals surface area contributed by atoms with E-state index in [0.29, 0.717) is 12.6 Å². The Morgan fingerprint density at radius 3 is 2.74 bits per heavy atom. The summed E-state index contributed by atoms with van der Waals surface area (Å²) in [5, 5.41) is 15.9. The van der Waals surface area contributed by atoms with Gasteiger partial charge in [-0.2, -0.15) is 0 Å². The van der Waals surface area contributed by atoms with Gasteiger partial charge in [0, 0.05) is 18.3 Å². The minimum absolute atomic E-state index is 0.0896. The Hall–Kier alpha value is -0.660. The summed E-state index contributed by atoms with van der Waals surface area (Å²) in [4.78, 5) is 0. The van der Waals surface area contributed by atoms with Gasteiger partial charge in [0.1, 0.15) is 0 Å². The quantitative estimate of drug-likeness (QED) is 0.578. The lowest BCUT2D eigenvalue weighted by Gasteiger charge is -2.19. The van der Waals surface area contributed by atoms with Crippen LogP contribution in [0.2, 0.25) is 0 Å². The predicted octanol–water partition coefficient (Wildman–Crippen LogP) is 1.58. The zero-order valence-electron chi connectivity index (χ0n) is 12.5. The summed E-state index contributed by atoms with van der Waals surface area (Å²) < 4.78 is 7.50. The van der Waals surface area contributed by atoms with E-state index >= 15 is 0 Å². The minimum Gasteiger partial charge on any atom is -0.375 e. The van der Waals surface area contributed by atoms with E-state index < -0.39 is 0 Å². The molecule has 1 aromatic rings. The van der Waals surface area contributed by atoms with Gasteiger partial charge in [-0.05, 0) is 31.2 Å². The molecule has 0 aromatic carbocycles.